The molecule has 0 amide bonds. The average Bonchev–Trinajstić information content (AvgIpc) is 2.70. The summed E-state index contributed by atoms with van der Waals surface area (Å²) in [4.78, 5) is 0. The van der Waals surface area contributed by atoms with E-state index in [1.54, 1.807) is 18.7 Å². The van der Waals surface area contributed by atoms with Gasteiger partial charge in [0.15, 0.2) is 5.01 Å². The molecule has 0 fully saturated rings. The van der Waals surface area contributed by atoms with Crippen LogP contribution in [0.3, 0.4) is 0 Å². The van der Waals surface area contributed by atoms with E-state index >= 15 is 0 Å². The number of hydrogen-bond donors (Lipinski definition) is 0. The van der Waals surface area contributed by atoms with Crippen LogP contribution < -0.4 is 4.74 Å². The fourth-order valence-corrected chi connectivity index (χ4v) is 1.88. The van der Waals surface area contributed by atoms with Crippen LogP contribution >= 0.6 is 22.9 Å². The third-order valence-corrected chi connectivity index (χ3v) is 2.71. The second-order valence-electron chi connectivity index (χ2n) is 2.59. The minimum Gasteiger partial charge on any atom is -0.496 e. The second kappa shape index (κ2) is 3.94. The number of benzene rings is 1. The van der Waals surface area contributed by atoms with Gasteiger partial charge in [0.25, 0.3) is 0 Å². The summed E-state index contributed by atoms with van der Waals surface area (Å²) in [5, 5.41) is 9.21. The number of ether oxygens (including phenoxy) is 1. The lowest BCUT2D eigenvalue weighted by Gasteiger charge is -2.05. The van der Waals surface area contributed by atoms with Gasteiger partial charge in [-0.15, -0.1) is 10.2 Å². The fraction of sp³-hybridized carbons (Fsp3) is 0.111. The van der Waals surface area contributed by atoms with Crippen molar-refractivity contribution in [2.45, 2.75) is 0 Å². The molecule has 14 heavy (non-hydrogen) atoms. The molecule has 1 aromatic heterocycles. The SMILES string of the molecule is COc1ccc(Cl)cc1-c1nncs1. The standard InChI is InChI=1S/C9H7ClN2OS/c1-13-8-3-2-6(10)4-7(8)9-12-11-5-14-9/h2-5H,1H3. The Labute approximate surface area is 90.3 Å². The Hall–Kier alpha value is -1.13. The van der Waals surface area contributed by atoms with E-state index in [1.165, 1.54) is 11.3 Å². The highest BCUT2D eigenvalue weighted by atomic mass is 35.5. The monoisotopic (exact) mass is 226 g/mol. The van der Waals surface area contributed by atoms with Gasteiger partial charge < -0.3 is 4.74 Å². The van der Waals surface area contributed by atoms with E-state index in [-0.39, 0.29) is 0 Å². The van der Waals surface area contributed by atoms with Crippen molar-refractivity contribution in [3.8, 4) is 16.3 Å². The molecule has 0 N–H and O–H groups in total. The van der Waals surface area contributed by atoms with E-state index < -0.39 is 0 Å². The van der Waals surface area contributed by atoms with Crippen molar-refractivity contribution in [2.75, 3.05) is 7.11 Å². The Kier molecular flexibility index (Phi) is 2.65. The van der Waals surface area contributed by atoms with Crippen LogP contribution in [0.25, 0.3) is 10.6 Å². The third kappa shape index (κ3) is 1.71. The van der Waals surface area contributed by atoms with E-state index in [9.17, 15) is 0 Å². The summed E-state index contributed by atoms with van der Waals surface area (Å²) < 4.78 is 5.20. The van der Waals surface area contributed by atoms with Crippen LogP contribution in [0, 0.1) is 0 Å². The van der Waals surface area contributed by atoms with Gasteiger partial charge in [-0.25, -0.2) is 0 Å². The van der Waals surface area contributed by atoms with Gasteiger partial charge in [-0.3, -0.25) is 0 Å². The van der Waals surface area contributed by atoms with Crippen molar-refractivity contribution in [2.24, 2.45) is 0 Å². The molecular formula is C9H7ClN2OS. The zero-order valence-electron chi connectivity index (χ0n) is 7.40. The van der Waals surface area contributed by atoms with Crippen LogP contribution in [0.5, 0.6) is 5.75 Å². The lowest BCUT2D eigenvalue weighted by atomic mass is 10.2. The van der Waals surface area contributed by atoms with Crippen LogP contribution in [0.1, 0.15) is 0 Å². The predicted molar refractivity (Wildman–Crippen MR) is 56.9 cm³/mol. The van der Waals surface area contributed by atoms with Gasteiger partial charge in [0.2, 0.25) is 0 Å². The van der Waals surface area contributed by atoms with Crippen molar-refractivity contribution < 1.29 is 4.74 Å². The molecule has 3 nitrogen and oxygen atoms in total. The smallest absolute Gasteiger partial charge is 0.151 e. The lowest BCUT2D eigenvalue weighted by molar-refractivity contribution is 0.416. The molecule has 5 heteroatoms. The van der Waals surface area contributed by atoms with Crippen LogP contribution in [0.4, 0.5) is 0 Å². The molecule has 0 atom stereocenters. The zero-order valence-corrected chi connectivity index (χ0v) is 8.97. The Morgan fingerprint density at radius 1 is 1.43 bits per heavy atom. The first kappa shape index (κ1) is 9.43. The maximum atomic E-state index is 5.89. The Morgan fingerprint density at radius 3 is 2.93 bits per heavy atom. The number of aromatic nitrogens is 2. The summed E-state index contributed by atoms with van der Waals surface area (Å²) >= 11 is 7.34. The van der Waals surface area contributed by atoms with Crippen LogP contribution in [-0.4, -0.2) is 17.3 Å². The summed E-state index contributed by atoms with van der Waals surface area (Å²) in [7, 11) is 1.62. The van der Waals surface area contributed by atoms with Crippen molar-refractivity contribution in [1.82, 2.24) is 10.2 Å². The van der Waals surface area contributed by atoms with Crippen LogP contribution in [-0.2, 0) is 0 Å². The van der Waals surface area contributed by atoms with Gasteiger partial charge in [-0.2, -0.15) is 0 Å². The summed E-state index contributed by atoms with van der Waals surface area (Å²) in [5.41, 5.74) is 2.55. The quantitative estimate of drug-likeness (QED) is 0.790. The van der Waals surface area contributed by atoms with Gasteiger partial charge >= 0.3 is 0 Å². The second-order valence-corrected chi connectivity index (χ2v) is 3.86. The highest BCUT2D eigenvalue weighted by Gasteiger charge is 2.08. The molecule has 0 aliphatic carbocycles. The zero-order chi connectivity index (χ0) is 9.97. The van der Waals surface area contributed by atoms with E-state index in [4.69, 9.17) is 16.3 Å². The maximum absolute atomic E-state index is 5.89. The largest absolute Gasteiger partial charge is 0.496 e. The minimum absolute atomic E-state index is 0.663. The van der Waals surface area contributed by atoms with E-state index in [0.29, 0.717) is 5.02 Å². The first-order chi connectivity index (χ1) is 6.81. The molecule has 0 aliphatic rings. The molecule has 0 saturated carbocycles. The molecular weight excluding hydrogens is 220 g/mol. The molecule has 2 aromatic rings. The van der Waals surface area contributed by atoms with Gasteiger partial charge in [0.1, 0.15) is 11.3 Å². The topological polar surface area (TPSA) is 35.0 Å². The molecule has 0 saturated heterocycles. The molecule has 0 spiro atoms. The summed E-state index contributed by atoms with van der Waals surface area (Å²) in [6.07, 6.45) is 0. The van der Waals surface area contributed by atoms with Gasteiger partial charge in [0, 0.05) is 5.02 Å². The van der Waals surface area contributed by atoms with Gasteiger partial charge in [-0.1, -0.05) is 22.9 Å². The normalized spacial score (nSPS) is 10.1. The third-order valence-electron chi connectivity index (χ3n) is 1.75. The maximum Gasteiger partial charge on any atom is 0.151 e. The highest BCUT2D eigenvalue weighted by Crippen LogP contribution is 2.32. The van der Waals surface area contributed by atoms with E-state index in [2.05, 4.69) is 10.2 Å². The molecule has 0 bridgehead atoms. The number of rotatable bonds is 2. The Balaban J connectivity index is 2.55. The van der Waals surface area contributed by atoms with Crippen molar-refractivity contribution >= 4 is 22.9 Å². The summed E-state index contributed by atoms with van der Waals surface area (Å²) in [6, 6.07) is 5.42. The van der Waals surface area contributed by atoms with Crippen LogP contribution in [0.2, 0.25) is 5.02 Å². The molecule has 1 aromatic carbocycles. The Morgan fingerprint density at radius 2 is 2.29 bits per heavy atom. The lowest BCUT2D eigenvalue weighted by Crippen LogP contribution is -1.87. The molecule has 72 valence electrons. The minimum atomic E-state index is 0.663. The fourth-order valence-electron chi connectivity index (χ4n) is 1.14. The molecule has 1 heterocycles. The van der Waals surface area contributed by atoms with Crippen molar-refractivity contribution in [3.05, 3.63) is 28.7 Å². The van der Waals surface area contributed by atoms with Gasteiger partial charge in [0.05, 0.1) is 12.7 Å². The van der Waals surface area contributed by atoms with Crippen LogP contribution in [0.15, 0.2) is 23.7 Å². The first-order valence-electron chi connectivity index (χ1n) is 3.91. The van der Waals surface area contributed by atoms with E-state index in [1.807, 2.05) is 12.1 Å². The Bertz CT molecular complexity index is 430. The first-order valence-corrected chi connectivity index (χ1v) is 5.17. The van der Waals surface area contributed by atoms with Gasteiger partial charge in [-0.05, 0) is 18.2 Å². The number of halogens is 1. The molecule has 0 aliphatic heterocycles. The summed E-state index contributed by atoms with van der Waals surface area (Å²) in [6.45, 7) is 0. The highest BCUT2D eigenvalue weighted by molar-refractivity contribution is 7.12. The van der Waals surface area contributed by atoms with Crippen molar-refractivity contribution in [3.63, 3.8) is 0 Å². The number of methoxy groups -OCH3 is 1. The predicted octanol–water partition coefficient (Wildman–Crippen LogP) is 2.87. The average molecular weight is 227 g/mol. The molecule has 0 radical (unpaired) electrons. The summed E-state index contributed by atoms with van der Waals surface area (Å²) in [5.74, 6) is 0.756. The number of hydrogen-bond acceptors (Lipinski definition) is 4. The van der Waals surface area contributed by atoms with E-state index in [0.717, 1.165) is 16.3 Å². The number of nitrogens with zero attached hydrogens (tertiary/aromatic N) is 2. The molecule has 2 rings (SSSR count). The van der Waals surface area contributed by atoms with Crippen molar-refractivity contribution in [1.29, 1.82) is 0 Å². The molecule has 0 unspecified atom stereocenters.